The van der Waals surface area contributed by atoms with Gasteiger partial charge in [-0.1, -0.05) is 6.07 Å². The van der Waals surface area contributed by atoms with Crippen LogP contribution in [0.5, 0.6) is 5.75 Å². The van der Waals surface area contributed by atoms with Gasteiger partial charge in [0.05, 0.1) is 5.69 Å². The third-order valence-corrected chi connectivity index (χ3v) is 2.28. The van der Waals surface area contributed by atoms with Gasteiger partial charge in [0.1, 0.15) is 0 Å². The maximum absolute atomic E-state index is 13.2. The number of benzene rings is 1. The maximum atomic E-state index is 13.2. The van der Waals surface area contributed by atoms with E-state index >= 15 is 0 Å². The summed E-state index contributed by atoms with van der Waals surface area (Å²) < 4.78 is 26.3. The maximum Gasteiger partial charge on any atom is 0.216 e. The van der Waals surface area contributed by atoms with Crippen molar-refractivity contribution in [3.05, 3.63) is 47.7 Å². The molecule has 4 heteroatoms. The van der Waals surface area contributed by atoms with Crippen molar-refractivity contribution in [2.75, 3.05) is 0 Å². The molecule has 0 saturated heterocycles. The van der Waals surface area contributed by atoms with E-state index in [1.807, 2.05) is 0 Å². The lowest BCUT2D eigenvalue weighted by atomic mass is 10.1. The minimum Gasteiger partial charge on any atom is -0.505 e. The van der Waals surface area contributed by atoms with E-state index in [0.717, 1.165) is 6.07 Å². The Morgan fingerprint density at radius 1 is 1.12 bits per heavy atom. The molecule has 0 aliphatic rings. The van der Waals surface area contributed by atoms with Crippen LogP contribution in [0.1, 0.15) is 5.56 Å². The van der Waals surface area contributed by atoms with Crippen LogP contribution in [0, 0.1) is 18.7 Å². The first-order valence-electron chi connectivity index (χ1n) is 4.70. The van der Waals surface area contributed by atoms with E-state index in [1.54, 1.807) is 19.1 Å². The van der Waals surface area contributed by atoms with E-state index in [9.17, 15) is 8.78 Å². The summed E-state index contributed by atoms with van der Waals surface area (Å²) in [6.07, 6.45) is 0. The molecule has 2 aromatic rings. The molecule has 0 amide bonds. The minimum absolute atomic E-state index is 0.335. The van der Waals surface area contributed by atoms with E-state index < -0.39 is 17.5 Å². The summed E-state index contributed by atoms with van der Waals surface area (Å²) in [6.45, 7) is 1.60. The summed E-state index contributed by atoms with van der Waals surface area (Å²) in [4.78, 5) is 3.70. The molecule has 82 valence electrons. The fourth-order valence-corrected chi connectivity index (χ4v) is 1.33. The molecular formula is C12H9F2NO. The fourth-order valence-electron chi connectivity index (χ4n) is 1.33. The second-order valence-corrected chi connectivity index (χ2v) is 3.47. The molecule has 1 N–H and O–H groups in total. The van der Waals surface area contributed by atoms with Gasteiger partial charge in [0, 0.05) is 11.1 Å². The van der Waals surface area contributed by atoms with Crippen LogP contribution in [0.15, 0.2) is 30.3 Å². The highest BCUT2D eigenvalue weighted by Crippen LogP contribution is 2.23. The van der Waals surface area contributed by atoms with Crippen LogP contribution in [0.4, 0.5) is 8.78 Å². The number of nitrogens with zero attached hydrogens (tertiary/aromatic N) is 1. The molecule has 16 heavy (non-hydrogen) atoms. The molecule has 0 radical (unpaired) electrons. The summed E-state index contributed by atoms with van der Waals surface area (Å²) in [5, 5.41) is 9.02. The van der Waals surface area contributed by atoms with Crippen LogP contribution in [-0.4, -0.2) is 10.1 Å². The first kappa shape index (κ1) is 10.5. The Hall–Kier alpha value is -1.97. The van der Waals surface area contributed by atoms with E-state index in [0.29, 0.717) is 16.8 Å². The summed E-state index contributed by atoms with van der Waals surface area (Å²) in [7, 11) is 0. The molecule has 1 aromatic carbocycles. The van der Waals surface area contributed by atoms with Crippen molar-refractivity contribution in [1.29, 1.82) is 0 Å². The Labute approximate surface area is 91.2 Å². The highest BCUT2D eigenvalue weighted by molar-refractivity contribution is 5.60. The van der Waals surface area contributed by atoms with Gasteiger partial charge in [-0.25, -0.2) is 9.37 Å². The first-order chi connectivity index (χ1) is 7.58. The van der Waals surface area contributed by atoms with E-state index in [2.05, 4.69) is 4.98 Å². The third kappa shape index (κ3) is 1.86. The smallest absolute Gasteiger partial charge is 0.216 e. The summed E-state index contributed by atoms with van der Waals surface area (Å²) in [5.41, 5.74) is 1.19. The Morgan fingerprint density at radius 2 is 1.88 bits per heavy atom. The SMILES string of the molecule is Cc1ccc(-c2ccc(O)c(F)c2)nc1F. The summed E-state index contributed by atoms with van der Waals surface area (Å²) in [6, 6.07) is 6.98. The molecule has 0 aliphatic heterocycles. The minimum atomic E-state index is -0.750. The summed E-state index contributed by atoms with van der Waals surface area (Å²) >= 11 is 0. The number of halogens is 2. The zero-order valence-corrected chi connectivity index (χ0v) is 8.54. The second-order valence-electron chi connectivity index (χ2n) is 3.47. The lowest BCUT2D eigenvalue weighted by Crippen LogP contribution is -1.91. The molecule has 1 aromatic heterocycles. The van der Waals surface area contributed by atoms with Gasteiger partial charge >= 0.3 is 0 Å². The molecule has 0 atom stereocenters. The van der Waals surface area contributed by atoms with Gasteiger partial charge in [-0.15, -0.1) is 0 Å². The Kier molecular flexibility index (Phi) is 2.56. The summed E-state index contributed by atoms with van der Waals surface area (Å²) in [5.74, 6) is -1.76. The van der Waals surface area contributed by atoms with Crippen LogP contribution in [0.3, 0.4) is 0 Å². The van der Waals surface area contributed by atoms with Crippen molar-refractivity contribution in [2.45, 2.75) is 6.92 Å². The number of aromatic hydroxyl groups is 1. The van der Waals surface area contributed by atoms with E-state index in [4.69, 9.17) is 5.11 Å². The van der Waals surface area contributed by atoms with Crippen molar-refractivity contribution >= 4 is 0 Å². The number of phenolic OH excluding ortho intramolecular Hbond substituents is 1. The van der Waals surface area contributed by atoms with E-state index in [1.165, 1.54) is 12.1 Å². The molecule has 2 nitrogen and oxygen atoms in total. The van der Waals surface area contributed by atoms with Gasteiger partial charge in [0.15, 0.2) is 11.6 Å². The molecular weight excluding hydrogens is 212 g/mol. The van der Waals surface area contributed by atoms with Crippen LogP contribution in [0.2, 0.25) is 0 Å². The number of rotatable bonds is 1. The van der Waals surface area contributed by atoms with Crippen molar-refractivity contribution in [1.82, 2.24) is 4.98 Å². The largest absolute Gasteiger partial charge is 0.505 e. The lowest BCUT2D eigenvalue weighted by Gasteiger charge is -2.03. The van der Waals surface area contributed by atoms with Gasteiger partial charge in [0.25, 0.3) is 0 Å². The Morgan fingerprint density at radius 3 is 2.50 bits per heavy atom. The zero-order chi connectivity index (χ0) is 11.7. The van der Waals surface area contributed by atoms with Crippen LogP contribution in [-0.2, 0) is 0 Å². The van der Waals surface area contributed by atoms with Gasteiger partial charge < -0.3 is 5.11 Å². The molecule has 0 unspecified atom stereocenters. The number of aromatic nitrogens is 1. The standard InChI is InChI=1S/C12H9F2NO/c1-7-2-4-10(15-12(7)14)8-3-5-11(16)9(13)6-8/h2-6,16H,1H3. The monoisotopic (exact) mass is 221 g/mol. The van der Waals surface area contributed by atoms with Gasteiger partial charge in [0.2, 0.25) is 5.95 Å². The van der Waals surface area contributed by atoms with Crippen LogP contribution < -0.4 is 0 Å². The molecule has 0 fully saturated rings. The number of aryl methyl sites for hydroxylation is 1. The lowest BCUT2D eigenvalue weighted by molar-refractivity contribution is 0.432. The van der Waals surface area contributed by atoms with Crippen molar-refractivity contribution in [3.8, 4) is 17.0 Å². The average Bonchev–Trinajstić information content (AvgIpc) is 2.26. The topological polar surface area (TPSA) is 33.1 Å². The van der Waals surface area contributed by atoms with Crippen LogP contribution in [0.25, 0.3) is 11.3 Å². The Bertz CT molecular complexity index is 491. The third-order valence-electron chi connectivity index (χ3n) is 2.28. The van der Waals surface area contributed by atoms with Crippen molar-refractivity contribution < 1.29 is 13.9 Å². The number of phenols is 1. The predicted molar refractivity (Wildman–Crippen MR) is 56.0 cm³/mol. The number of hydrogen-bond acceptors (Lipinski definition) is 2. The van der Waals surface area contributed by atoms with Gasteiger partial charge in [-0.05, 0) is 31.2 Å². The molecule has 1 heterocycles. The number of hydrogen-bond donors (Lipinski definition) is 1. The fraction of sp³-hybridized carbons (Fsp3) is 0.0833. The molecule has 0 bridgehead atoms. The van der Waals surface area contributed by atoms with Crippen molar-refractivity contribution in [3.63, 3.8) is 0 Å². The first-order valence-corrected chi connectivity index (χ1v) is 4.70. The average molecular weight is 221 g/mol. The van der Waals surface area contributed by atoms with Gasteiger partial charge in [-0.2, -0.15) is 4.39 Å². The van der Waals surface area contributed by atoms with E-state index in [-0.39, 0.29) is 0 Å². The predicted octanol–water partition coefficient (Wildman–Crippen LogP) is 3.04. The molecule has 0 saturated carbocycles. The second kappa shape index (κ2) is 3.89. The number of pyridine rings is 1. The normalized spacial score (nSPS) is 10.4. The molecule has 0 aliphatic carbocycles. The highest BCUT2D eigenvalue weighted by Gasteiger charge is 2.06. The Balaban J connectivity index is 2.50. The molecule has 2 rings (SSSR count). The zero-order valence-electron chi connectivity index (χ0n) is 8.54. The van der Waals surface area contributed by atoms with Crippen LogP contribution >= 0.6 is 0 Å². The van der Waals surface area contributed by atoms with Crippen molar-refractivity contribution in [2.24, 2.45) is 0 Å². The quantitative estimate of drug-likeness (QED) is 0.751. The molecule has 0 spiro atoms. The highest BCUT2D eigenvalue weighted by atomic mass is 19.1. The van der Waals surface area contributed by atoms with Gasteiger partial charge in [-0.3, -0.25) is 0 Å².